The maximum Gasteiger partial charge on any atom is 0.345 e. The molecule has 12 bridgehead atoms. The number of carbonyl (C=O) groups excluding carboxylic acids is 3. The Labute approximate surface area is 436 Å². The Balaban J connectivity index is 0.000000131. The highest BCUT2D eigenvalue weighted by atomic mass is 19.3. The van der Waals surface area contributed by atoms with E-state index in [4.69, 9.17) is 15.3 Å². The van der Waals surface area contributed by atoms with Crippen LogP contribution in [-0.4, -0.2) is 155 Å². The van der Waals surface area contributed by atoms with Crippen LogP contribution in [0, 0.1) is 51.8 Å². The zero-order valence-corrected chi connectivity index (χ0v) is 42.1. The second-order valence-electron chi connectivity index (χ2n) is 24.1. The molecule has 12 aliphatic rings. The summed E-state index contributed by atoms with van der Waals surface area (Å²) < 4.78 is 109. The lowest BCUT2D eigenvalue weighted by Gasteiger charge is -2.59. The van der Waals surface area contributed by atoms with E-state index < -0.39 is 89.7 Å². The molecule has 12 fully saturated rings. The molecule has 0 aliphatic heterocycles. The highest BCUT2D eigenvalue weighted by molar-refractivity contribution is 5.85. The minimum Gasteiger partial charge on any atom is -0.481 e. The van der Waals surface area contributed by atoms with Crippen molar-refractivity contribution in [3.8, 4) is 0 Å². The quantitative estimate of drug-likeness (QED) is 0.0878. The molecular weight excluding hydrogens is 1040 g/mol. The lowest BCUT2D eigenvalue weighted by atomic mass is 9.47. The standard InChI is InChI=1S/C15H20F4O4.C14H18N2O2.C11H16O3.C7H6N4O.C4H6F4O2/c16-14(17,7-20)15(18,19)8-23-11(21)12-2-9-1-10(3-12)5-13(22,4-9)6-12;17-12(16-2-1-15-9-16)13-4-10-3-11(5-13)7-14(18,6-10)8-13;12-9(13)10-2-7-1-8(3-10)5-11(14,4-7)6-10;12-7(10-3-1-8-5-10)11-4-2-9-6-11;5-3(6,1-9)4(7,8)2-10/h9-10,20,22H,1-8H2;1-2,9-11,18H,3-8H2;7-8,14H,1-6H2,(H,12,13);1-6H;9-10H,1-2H2. The third-order valence-corrected chi connectivity index (χ3v) is 17.7. The second kappa shape index (κ2) is 21.0. The average Bonchev–Trinajstić information content (AvgIpc) is 4.18. The Morgan fingerprint density at radius 2 is 0.792 bits per heavy atom. The van der Waals surface area contributed by atoms with E-state index in [0.29, 0.717) is 62.2 Å². The fraction of sp³-hybridized carbons (Fsp3) is 0.745. The molecule has 15 rings (SSSR count). The number of aliphatic hydroxyl groups excluding tert-OH is 3. The van der Waals surface area contributed by atoms with Crippen LogP contribution in [0.15, 0.2) is 56.2 Å². The van der Waals surface area contributed by atoms with Crippen molar-refractivity contribution in [2.75, 3.05) is 26.4 Å². The van der Waals surface area contributed by atoms with E-state index >= 15 is 0 Å². The normalized spacial score (nSPS) is 35.8. The molecule has 0 aromatic carbocycles. The fourth-order valence-electron chi connectivity index (χ4n) is 15.7. The monoisotopic (exact) mass is 1110 g/mol. The van der Waals surface area contributed by atoms with Gasteiger partial charge in [0.05, 0.1) is 33.0 Å². The van der Waals surface area contributed by atoms with Crippen molar-refractivity contribution in [2.24, 2.45) is 51.8 Å². The predicted molar refractivity (Wildman–Crippen MR) is 249 cm³/mol. The molecule has 26 heteroatoms. The highest BCUT2D eigenvalue weighted by Gasteiger charge is 2.64. The Kier molecular flexibility index (Phi) is 15.9. The molecule has 0 saturated heterocycles. The van der Waals surface area contributed by atoms with Crippen LogP contribution in [0.4, 0.5) is 39.9 Å². The van der Waals surface area contributed by atoms with E-state index in [-0.39, 0.29) is 35.6 Å². The predicted octanol–water partition coefficient (Wildman–Crippen LogP) is 6.22. The fourth-order valence-corrected chi connectivity index (χ4v) is 15.7. The summed E-state index contributed by atoms with van der Waals surface area (Å²) in [5, 5.41) is 64.5. The molecule has 12 aliphatic carbocycles. The molecule has 3 aromatic heterocycles. The number of imidazole rings is 3. The SMILES string of the molecule is O=C(O)C12CC3CC(CC(O)(C3)C1)C2.O=C(OCC(F)(F)C(F)(F)CO)C12CC3CC(CC(O)(C3)C1)C2.O=C(n1ccnc1)C12CC3CC(CC(O)(C3)C1)C2.O=C(n1ccnc1)n1ccnc1.OCC(F)(F)C(F)(F)CO. The topological polar surface area (TPSA) is 273 Å². The molecule has 77 heavy (non-hydrogen) atoms. The summed E-state index contributed by atoms with van der Waals surface area (Å²) in [7, 11) is 0. The van der Waals surface area contributed by atoms with Crippen LogP contribution in [0.5, 0.6) is 0 Å². The van der Waals surface area contributed by atoms with E-state index in [2.05, 4.69) is 19.7 Å². The molecule has 428 valence electrons. The number of aromatic nitrogens is 6. The Morgan fingerprint density at radius 3 is 1.12 bits per heavy atom. The summed E-state index contributed by atoms with van der Waals surface area (Å²) in [6.45, 7) is -7.73. The number of halogens is 8. The number of hydrogen-bond donors (Lipinski definition) is 7. The average molecular weight is 1110 g/mol. The van der Waals surface area contributed by atoms with Crippen molar-refractivity contribution >= 4 is 23.9 Å². The number of aliphatic hydroxyl groups is 6. The third kappa shape index (κ3) is 11.9. The molecule has 0 radical (unpaired) electrons. The van der Waals surface area contributed by atoms with Crippen LogP contribution in [0.3, 0.4) is 0 Å². The summed E-state index contributed by atoms with van der Waals surface area (Å²) in [5.74, 6) is -17.5. The van der Waals surface area contributed by atoms with Crippen LogP contribution >= 0.6 is 0 Å². The van der Waals surface area contributed by atoms with Crippen molar-refractivity contribution in [3.05, 3.63) is 56.2 Å². The van der Waals surface area contributed by atoms with E-state index in [1.807, 2.05) is 0 Å². The Hall–Kier alpha value is -4.89. The van der Waals surface area contributed by atoms with Gasteiger partial charge in [-0.1, -0.05) is 0 Å². The minimum absolute atomic E-state index is 0.146. The number of nitrogens with zero attached hydrogens (tertiary/aromatic N) is 6. The maximum atomic E-state index is 13.4. The molecule has 6 unspecified atom stereocenters. The summed E-state index contributed by atoms with van der Waals surface area (Å²) in [6, 6.07) is -0.190. The second-order valence-corrected chi connectivity index (χ2v) is 24.1. The number of alkyl halides is 8. The van der Waals surface area contributed by atoms with Gasteiger partial charge in [-0.3, -0.25) is 28.1 Å². The van der Waals surface area contributed by atoms with Crippen molar-refractivity contribution in [3.63, 3.8) is 0 Å². The van der Waals surface area contributed by atoms with Gasteiger partial charge in [0, 0.05) is 37.2 Å². The number of carboxylic acids is 1. The van der Waals surface area contributed by atoms with Gasteiger partial charge >= 0.3 is 41.7 Å². The zero-order valence-electron chi connectivity index (χ0n) is 42.1. The highest BCUT2D eigenvalue weighted by Crippen LogP contribution is 2.64. The van der Waals surface area contributed by atoms with Crippen molar-refractivity contribution < 1.29 is 94.8 Å². The number of ether oxygens (including phenoxy) is 1. The van der Waals surface area contributed by atoms with Crippen LogP contribution in [-0.2, 0) is 14.3 Å². The Bertz CT molecular complexity index is 2480. The molecule has 0 amide bonds. The van der Waals surface area contributed by atoms with Crippen molar-refractivity contribution in [1.29, 1.82) is 0 Å². The van der Waals surface area contributed by atoms with E-state index in [1.165, 1.54) is 28.2 Å². The molecule has 7 N–H and O–H groups in total. The number of carbonyl (C=O) groups is 4. The van der Waals surface area contributed by atoms with Crippen molar-refractivity contribution in [2.45, 2.75) is 156 Å². The van der Waals surface area contributed by atoms with Gasteiger partial charge in [0.1, 0.15) is 38.8 Å². The van der Waals surface area contributed by atoms with Gasteiger partial charge in [0.15, 0.2) is 6.61 Å². The largest absolute Gasteiger partial charge is 0.481 e. The van der Waals surface area contributed by atoms with Gasteiger partial charge in [0.25, 0.3) is 0 Å². The summed E-state index contributed by atoms with van der Waals surface area (Å²) in [6.07, 6.45) is 27.8. The van der Waals surface area contributed by atoms with Crippen LogP contribution in [0.2, 0.25) is 0 Å². The third-order valence-electron chi connectivity index (χ3n) is 17.7. The number of carboxylic acid groups (broad SMARTS) is 1. The summed E-state index contributed by atoms with van der Waals surface area (Å²) in [5.41, 5.74) is -4.11. The first-order chi connectivity index (χ1) is 35.9. The molecular formula is C51H66F8N6O12. The first kappa shape index (κ1) is 58.3. The lowest BCUT2D eigenvalue weighted by molar-refractivity contribution is -0.250. The number of esters is 1. The molecule has 18 nitrogen and oxygen atoms in total. The molecule has 12 saturated carbocycles. The van der Waals surface area contributed by atoms with Crippen molar-refractivity contribution in [1.82, 2.24) is 28.7 Å². The van der Waals surface area contributed by atoms with Gasteiger partial charge in [-0.2, -0.15) is 35.1 Å². The molecule has 3 heterocycles. The van der Waals surface area contributed by atoms with Gasteiger partial charge in [0.2, 0.25) is 5.91 Å². The number of hydrogen-bond acceptors (Lipinski definition) is 14. The van der Waals surface area contributed by atoms with Gasteiger partial charge in [-0.15, -0.1) is 0 Å². The molecule has 3 aromatic rings. The first-order valence-corrected chi connectivity index (χ1v) is 25.8. The first-order valence-electron chi connectivity index (χ1n) is 25.8. The van der Waals surface area contributed by atoms with Gasteiger partial charge in [-0.25, -0.2) is 19.7 Å². The summed E-state index contributed by atoms with van der Waals surface area (Å²) in [4.78, 5) is 59.2. The van der Waals surface area contributed by atoms with Crippen LogP contribution in [0.1, 0.15) is 120 Å². The lowest BCUT2D eigenvalue weighted by Crippen LogP contribution is -2.59. The Morgan fingerprint density at radius 1 is 0.481 bits per heavy atom. The van der Waals surface area contributed by atoms with E-state index in [0.717, 1.165) is 64.2 Å². The van der Waals surface area contributed by atoms with Gasteiger partial charge in [-0.05, 0) is 151 Å². The minimum atomic E-state index is -4.65. The van der Waals surface area contributed by atoms with Crippen LogP contribution in [0.25, 0.3) is 0 Å². The van der Waals surface area contributed by atoms with Gasteiger partial charge < -0.3 is 40.5 Å². The number of aliphatic carboxylic acids is 1. The zero-order chi connectivity index (χ0) is 56.3. The number of rotatable bonds is 10. The summed E-state index contributed by atoms with van der Waals surface area (Å²) >= 11 is 0. The molecule has 6 atom stereocenters. The van der Waals surface area contributed by atoms with Crippen LogP contribution < -0.4 is 0 Å². The smallest absolute Gasteiger partial charge is 0.345 e. The molecule has 0 spiro atoms. The van der Waals surface area contributed by atoms with E-state index in [9.17, 15) is 74.7 Å². The maximum absolute atomic E-state index is 13.4. The van der Waals surface area contributed by atoms with E-state index in [1.54, 1.807) is 48.1 Å².